The van der Waals surface area contributed by atoms with Crippen molar-refractivity contribution in [3.63, 3.8) is 0 Å². The van der Waals surface area contributed by atoms with Gasteiger partial charge in [0.15, 0.2) is 0 Å². The van der Waals surface area contributed by atoms with Gasteiger partial charge in [-0.3, -0.25) is 0 Å². The number of aliphatic hydroxyl groups is 1. The molecule has 5 aliphatic rings. The van der Waals surface area contributed by atoms with Gasteiger partial charge in [-0.1, -0.05) is 53.9 Å². The summed E-state index contributed by atoms with van der Waals surface area (Å²) in [5.74, 6) is 8.97. The molecule has 0 spiro atoms. The Morgan fingerprint density at radius 2 is 1.57 bits per heavy atom. The molecule has 0 aromatic rings. The van der Waals surface area contributed by atoms with Crippen molar-refractivity contribution in [2.45, 2.75) is 135 Å². The Morgan fingerprint density at radius 3 is 2.31 bits per heavy atom. The van der Waals surface area contributed by atoms with E-state index in [0.717, 1.165) is 60.7 Å². The summed E-state index contributed by atoms with van der Waals surface area (Å²) in [4.78, 5) is 0. The summed E-state index contributed by atoms with van der Waals surface area (Å²) < 4.78 is 0.641. The summed E-state index contributed by atoms with van der Waals surface area (Å²) in [6.45, 7) is 12.8. The second-order valence-electron chi connectivity index (χ2n) is 14.8. The largest absolute Gasteiger partial charge is 0.390 e. The minimum Gasteiger partial charge on any atom is -0.390 e. The van der Waals surface area contributed by atoms with Gasteiger partial charge in [-0.25, -0.2) is 0 Å². The Bertz CT molecular complexity index is 718. The van der Waals surface area contributed by atoms with Crippen molar-refractivity contribution in [2.24, 2.45) is 52.3 Å². The fraction of sp³-hybridized carbons (Fsp3) is 1.00. The van der Waals surface area contributed by atoms with Crippen LogP contribution in [0.15, 0.2) is 0 Å². The highest BCUT2D eigenvalue weighted by Gasteiger charge is 2.61. The number of hydrogen-bond donors (Lipinski definition) is 1. The van der Waals surface area contributed by atoms with Gasteiger partial charge in [0, 0.05) is 0 Å². The summed E-state index contributed by atoms with van der Waals surface area (Å²) in [6, 6.07) is 0. The minimum absolute atomic E-state index is 0.383. The lowest BCUT2D eigenvalue weighted by molar-refractivity contribution is -0.152. The number of rotatable bonds is 7. The van der Waals surface area contributed by atoms with Crippen LogP contribution in [0.5, 0.6) is 0 Å². The first-order chi connectivity index (χ1) is 16.6. The fourth-order valence-electron chi connectivity index (χ4n) is 10.5. The Balaban J connectivity index is 1.24. The van der Waals surface area contributed by atoms with Gasteiger partial charge in [0.2, 0.25) is 0 Å². The summed E-state index contributed by atoms with van der Waals surface area (Å²) in [5, 5.41) is 11.7. The third kappa shape index (κ3) is 5.28. The van der Waals surface area contributed by atoms with Crippen LogP contribution in [0.1, 0.15) is 125 Å². The minimum atomic E-state index is -0.383. The molecule has 0 bridgehead atoms. The Kier molecular flexibility index (Phi) is 8.30. The van der Waals surface area contributed by atoms with Crippen molar-refractivity contribution in [1.82, 2.24) is 0 Å². The van der Waals surface area contributed by atoms with Crippen LogP contribution in [0.2, 0.25) is 0 Å². The second-order valence-corrected chi connectivity index (χ2v) is 17.8. The molecule has 3 heteroatoms. The maximum Gasteiger partial charge on any atom is 0.0669 e. The highest BCUT2D eigenvalue weighted by Crippen LogP contribution is 2.69. The molecule has 202 valence electrons. The van der Waals surface area contributed by atoms with E-state index in [9.17, 15) is 5.11 Å². The van der Waals surface area contributed by atoms with Crippen LogP contribution < -0.4 is 0 Å². The van der Waals surface area contributed by atoms with Crippen molar-refractivity contribution >= 4 is 23.5 Å². The molecule has 4 saturated carbocycles. The number of hydrogen-bond acceptors (Lipinski definition) is 3. The van der Waals surface area contributed by atoms with Crippen molar-refractivity contribution < 1.29 is 5.11 Å². The van der Waals surface area contributed by atoms with Crippen LogP contribution in [-0.4, -0.2) is 26.8 Å². The first kappa shape index (κ1) is 27.2. The van der Waals surface area contributed by atoms with E-state index in [4.69, 9.17) is 0 Å². The summed E-state index contributed by atoms with van der Waals surface area (Å²) in [5.41, 5.74) is 0.711. The van der Waals surface area contributed by atoms with Crippen LogP contribution in [0.3, 0.4) is 0 Å². The normalized spacial score (nSPS) is 47.2. The Labute approximate surface area is 226 Å². The Morgan fingerprint density at radius 1 is 0.829 bits per heavy atom. The predicted octanol–water partition coefficient (Wildman–Crippen LogP) is 9.43. The predicted molar refractivity (Wildman–Crippen MR) is 156 cm³/mol. The first-order valence-corrected chi connectivity index (χ1v) is 17.7. The zero-order valence-corrected chi connectivity index (χ0v) is 25.3. The third-order valence-corrected chi connectivity index (χ3v) is 15.4. The number of fused-ring (bicyclic) bond motifs is 5. The molecule has 1 N–H and O–H groups in total. The molecule has 5 fully saturated rings. The highest BCUT2D eigenvalue weighted by atomic mass is 32.2. The standard InChI is InChI=1S/C32H56OS2/c1-22(2)8-6-9-23(3)26-12-13-27-25-11-10-24-20-32(33,21-29-34-18-7-19-35-29)17-16-30(24,4)28(25)14-15-31(26,27)5/h22-29,33H,6-21H2,1-5H3/t23-,24+,25?,26-,27?,28?,30+,31-,32?/m1/s1. The van der Waals surface area contributed by atoms with E-state index < -0.39 is 0 Å². The molecule has 0 aromatic carbocycles. The van der Waals surface area contributed by atoms with Crippen LogP contribution in [0.25, 0.3) is 0 Å². The van der Waals surface area contributed by atoms with Gasteiger partial charge in [0.25, 0.3) is 0 Å². The quantitative estimate of drug-likeness (QED) is 0.361. The van der Waals surface area contributed by atoms with Gasteiger partial charge in [0.1, 0.15) is 0 Å². The van der Waals surface area contributed by atoms with Crippen molar-refractivity contribution in [2.75, 3.05) is 11.5 Å². The van der Waals surface area contributed by atoms with Gasteiger partial charge in [-0.15, -0.1) is 23.5 Å². The third-order valence-electron chi connectivity index (χ3n) is 12.5. The molecule has 35 heavy (non-hydrogen) atoms. The number of thioether (sulfide) groups is 2. The topological polar surface area (TPSA) is 20.2 Å². The van der Waals surface area contributed by atoms with Gasteiger partial charge in [0.05, 0.1) is 10.2 Å². The van der Waals surface area contributed by atoms with Gasteiger partial charge in [-0.2, -0.15) is 0 Å². The van der Waals surface area contributed by atoms with Crippen LogP contribution in [-0.2, 0) is 0 Å². The van der Waals surface area contributed by atoms with Crippen molar-refractivity contribution in [1.29, 1.82) is 0 Å². The summed E-state index contributed by atoms with van der Waals surface area (Å²) >= 11 is 4.25. The first-order valence-electron chi connectivity index (χ1n) is 15.6. The molecule has 1 saturated heterocycles. The van der Waals surface area contributed by atoms with Crippen molar-refractivity contribution in [3.05, 3.63) is 0 Å². The molecular formula is C32H56OS2. The van der Waals surface area contributed by atoms with Crippen LogP contribution >= 0.6 is 23.5 Å². The lowest BCUT2D eigenvalue weighted by atomic mass is 9.43. The van der Waals surface area contributed by atoms with E-state index >= 15 is 0 Å². The molecule has 1 nitrogen and oxygen atoms in total. The van der Waals surface area contributed by atoms with E-state index in [1.807, 2.05) is 0 Å². The monoisotopic (exact) mass is 520 g/mol. The van der Waals surface area contributed by atoms with Crippen molar-refractivity contribution in [3.8, 4) is 0 Å². The molecule has 0 amide bonds. The zero-order valence-electron chi connectivity index (χ0n) is 23.7. The molecule has 9 atom stereocenters. The zero-order chi connectivity index (χ0) is 24.8. The molecule has 1 aliphatic heterocycles. The van der Waals surface area contributed by atoms with Gasteiger partial charge < -0.3 is 5.11 Å². The second kappa shape index (κ2) is 10.7. The lowest BCUT2D eigenvalue weighted by Gasteiger charge is -2.62. The Hall–Kier alpha value is 0.660. The van der Waals surface area contributed by atoms with Crippen LogP contribution in [0, 0.1) is 52.3 Å². The SMILES string of the molecule is CC(C)CCC[C@@H](C)[C@H]1CCC2C3CC[C@H]4CC(O)(CC5SCCCS5)CC[C@]4(C)C3CC[C@@]21C. The lowest BCUT2D eigenvalue weighted by Crippen LogP contribution is -2.56. The van der Waals surface area contributed by atoms with E-state index in [1.165, 1.54) is 82.1 Å². The van der Waals surface area contributed by atoms with E-state index in [-0.39, 0.29) is 5.60 Å². The molecule has 4 unspecified atom stereocenters. The summed E-state index contributed by atoms with van der Waals surface area (Å²) in [7, 11) is 0. The maximum atomic E-state index is 11.7. The van der Waals surface area contributed by atoms with Crippen LogP contribution in [0.4, 0.5) is 0 Å². The van der Waals surface area contributed by atoms with E-state index in [2.05, 4.69) is 58.1 Å². The average molecular weight is 521 g/mol. The van der Waals surface area contributed by atoms with E-state index in [1.54, 1.807) is 0 Å². The molecule has 0 radical (unpaired) electrons. The molecule has 0 aromatic heterocycles. The smallest absolute Gasteiger partial charge is 0.0669 e. The van der Waals surface area contributed by atoms with Gasteiger partial charge in [-0.05, 0) is 134 Å². The molecule has 4 aliphatic carbocycles. The average Bonchev–Trinajstić information content (AvgIpc) is 3.17. The van der Waals surface area contributed by atoms with Gasteiger partial charge >= 0.3 is 0 Å². The molecule has 1 heterocycles. The highest BCUT2D eigenvalue weighted by molar-refractivity contribution is 8.17. The maximum absolute atomic E-state index is 11.7. The molecule has 5 rings (SSSR count). The van der Waals surface area contributed by atoms with E-state index in [0.29, 0.717) is 15.4 Å². The molecular weight excluding hydrogens is 464 g/mol. The fourth-order valence-corrected chi connectivity index (χ4v) is 13.6. The summed E-state index contributed by atoms with van der Waals surface area (Å²) in [6.07, 6.45) is 19.0.